The molecule has 0 aliphatic heterocycles. The molecule has 1 fully saturated rings. The van der Waals surface area contributed by atoms with Crippen molar-refractivity contribution in [3.63, 3.8) is 0 Å². The molecular weight excluding hydrogens is 416 g/mol. The number of rotatable bonds is 5. The maximum atomic E-state index is 12.0. The number of nitrogens with two attached hydrogens (primary N) is 1. The smallest absolute Gasteiger partial charge is 0.255 e. The van der Waals surface area contributed by atoms with Crippen LogP contribution in [0.25, 0.3) is 10.8 Å². The first kappa shape index (κ1) is 19.7. The van der Waals surface area contributed by atoms with Crippen LogP contribution in [0.3, 0.4) is 0 Å². The molecule has 1 aromatic carbocycles. The standard InChI is InChI=1S/C20H26BrClN2O2/c1-3-18(23)20(4-2)7-5-12(6-8-20)26-17-10-13-14(9-16(17)22)19(25)24-11-15(13)21/h9-12,18H,3-8,23H2,1-2H3,(H,24,25)/t12?,18-,20?/m1/s1. The summed E-state index contributed by atoms with van der Waals surface area (Å²) in [6, 6.07) is 3.79. The van der Waals surface area contributed by atoms with Gasteiger partial charge in [-0.1, -0.05) is 25.4 Å². The van der Waals surface area contributed by atoms with E-state index in [1.165, 1.54) is 0 Å². The quantitative estimate of drug-likeness (QED) is 0.653. The monoisotopic (exact) mass is 440 g/mol. The second kappa shape index (κ2) is 7.91. The molecule has 0 radical (unpaired) electrons. The number of halogens is 2. The van der Waals surface area contributed by atoms with Gasteiger partial charge in [0.2, 0.25) is 0 Å². The van der Waals surface area contributed by atoms with Crippen LogP contribution < -0.4 is 16.0 Å². The number of H-pyrrole nitrogens is 1. The van der Waals surface area contributed by atoms with Crippen molar-refractivity contribution >= 4 is 38.3 Å². The summed E-state index contributed by atoms with van der Waals surface area (Å²) in [6.45, 7) is 4.41. The molecule has 1 atom stereocenters. The zero-order chi connectivity index (χ0) is 18.9. The fourth-order valence-corrected chi connectivity index (χ4v) is 4.85. The van der Waals surface area contributed by atoms with E-state index in [9.17, 15) is 4.79 Å². The Kier molecular flexibility index (Phi) is 6.00. The average molecular weight is 442 g/mol. The Balaban J connectivity index is 1.79. The molecule has 142 valence electrons. The Morgan fingerprint density at radius 1 is 1.35 bits per heavy atom. The molecule has 0 amide bonds. The van der Waals surface area contributed by atoms with Crippen molar-refractivity contribution < 1.29 is 4.74 Å². The van der Waals surface area contributed by atoms with Crippen LogP contribution in [0.4, 0.5) is 0 Å². The highest BCUT2D eigenvalue weighted by molar-refractivity contribution is 9.10. The predicted octanol–water partition coefficient (Wildman–Crippen LogP) is 5.40. The minimum Gasteiger partial charge on any atom is -0.489 e. The van der Waals surface area contributed by atoms with E-state index >= 15 is 0 Å². The van der Waals surface area contributed by atoms with Crippen molar-refractivity contribution in [1.82, 2.24) is 4.98 Å². The van der Waals surface area contributed by atoms with Crippen LogP contribution in [0, 0.1) is 5.41 Å². The Bertz CT molecular complexity index is 844. The van der Waals surface area contributed by atoms with Gasteiger partial charge in [-0.15, -0.1) is 0 Å². The van der Waals surface area contributed by atoms with E-state index in [1.54, 1.807) is 12.3 Å². The SMILES string of the molecule is CC[C@@H](N)C1(CC)CCC(Oc2cc3c(Br)c[nH]c(=O)c3cc2Cl)CC1. The van der Waals surface area contributed by atoms with Crippen molar-refractivity contribution in [2.45, 2.75) is 64.5 Å². The first-order valence-corrected chi connectivity index (χ1v) is 10.5. The third-order valence-corrected chi connectivity index (χ3v) is 7.01. The fourth-order valence-electron chi connectivity index (χ4n) is 4.20. The maximum absolute atomic E-state index is 12.0. The van der Waals surface area contributed by atoms with E-state index in [0.29, 0.717) is 16.2 Å². The number of hydrogen-bond acceptors (Lipinski definition) is 3. The van der Waals surface area contributed by atoms with Crippen molar-refractivity contribution in [1.29, 1.82) is 0 Å². The lowest BCUT2D eigenvalue weighted by Crippen LogP contribution is -2.45. The van der Waals surface area contributed by atoms with Crippen LogP contribution in [0.5, 0.6) is 5.75 Å². The van der Waals surface area contributed by atoms with Gasteiger partial charge in [0.15, 0.2) is 0 Å². The van der Waals surface area contributed by atoms with Crippen molar-refractivity contribution in [3.8, 4) is 5.75 Å². The Labute approximate surface area is 167 Å². The topological polar surface area (TPSA) is 68.1 Å². The lowest BCUT2D eigenvalue weighted by molar-refractivity contribution is 0.0569. The van der Waals surface area contributed by atoms with E-state index in [2.05, 4.69) is 34.8 Å². The van der Waals surface area contributed by atoms with Gasteiger partial charge < -0.3 is 15.5 Å². The van der Waals surface area contributed by atoms with Crippen LogP contribution in [0.2, 0.25) is 5.02 Å². The molecule has 0 bridgehead atoms. The summed E-state index contributed by atoms with van der Waals surface area (Å²) in [5.41, 5.74) is 6.49. The Morgan fingerprint density at radius 3 is 2.65 bits per heavy atom. The summed E-state index contributed by atoms with van der Waals surface area (Å²) < 4.78 is 7.05. The average Bonchev–Trinajstić information content (AvgIpc) is 2.66. The zero-order valence-electron chi connectivity index (χ0n) is 15.3. The molecule has 1 aliphatic carbocycles. The van der Waals surface area contributed by atoms with Crippen LogP contribution in [0.15, 0.2) is 27.6 Å². The Morgan fingerprint density at radius 2 is 2.04 bits per heavy atom. The lowest BCUT2D eigenvalue weighted by Gasteiger charge is -2.43. The molecule has 6 heteroatoms. The van der Waals surface area contributed by atoms with Crippen LogP contribution in [0.1, 0.15) is 52.4 Å². The van der Waals surface area contributed by atoms with Crippen molar-refractivity contribution in [2.24, 2.45) is 11.1 Å². The van der Waals surface area contributed by atoms with Gasteiger partial charge in [-0.2, -0.15) is 0 Å². The number of fused-ring (bicyclic) bond motifs is 1. The molecule has 1 saturated carbocycles. The van der Waals surface area contributed by atoms with E-state index in [-0.39, 0.29) is 23.1 Å². The summed E-state index contributed by atoms with van der Waals surface area (Å²) in [7, 11) is 0. The molecule has 3 rings (SSSR count). The number of aromatic nitrogens is 1. The van der Waals surface area contributed by atoms with Gasteiger partial charge in [-0.25, -0.2) is 0 Å². The van der Waals surface area contributed by atoms with Gasteiger partial charge in [0.1, 0.15) is 5.75 Å². The molecule has 0 spiro atoms. The summed E-state index contributed by atoms with van der Waals surface area (Å²) in [5, 5.41) is 1.83. The predicted molar refractivity (Wildman–Crippen MR) is 111 cm³/mol. The highest BCUT2D eigenvalue weighted by Gasteiger charge is 2.38. The van der Waals surface area contributed by atoms with Crippen LogP contribution >= 0.6 is 27.5 Å². The molecule has 26 heavy (non-hydrogen) atoms. The number of aromatic amines is 1. The number of hydrogen-bond donors (Lipinski definition) is 2. The van der Waals surface area contributed by atoms with Gasteiger partial charge in [0, 0.05) is 27.5 Å². The summed E-state index contributed by atoms with van der Waals surface area (Å²) in [4.78, 5) is 14.7. The molecule has 0 unspecified atom stereocenters. The highest BCUT2D eigenvalue weighted by atomic mass is 79.9. The molecule has 2 aromatic rings. The number of nitrogens with one attached hydrogen (secondary N) is 1. The molecule has 1 aromatic heterocycles. The third kappa shape index (κ3) is 3.67. The third-order valence-electron chi connectivity index (χ3n) is 6.06. The second-order valence-electron chi connectivity index (χ2n) is 7.34. The van der Waals surface area contributed by atoms with Gasteiger partial charge in [0.25, 0.3) is 5.56 Å². The summed E-state index contributed by atoms with van der Waals surface area (Å²) in [6.07, 6.45) is 8.02. The van der Waals surface area contributed by atoms with E-state index in [0.717, 1.165) is 48.4 Å². The number of ether oxygens (including phenoxy) is 1. The molecule has 4 nitrogen and oxygen atoms in total. The molecule has 0 saturated heterocycles. The number of pyridine rings is 1. The highest BCUT2D eigenvalue weighted by Crippen LogP contribution is 2.44. The first-order valence-electron chi connectivity index (χ1n) is 9.33. The van der Waals surface area contributed by atoms with Crippen LogP contribution in [-0.2, 0) is 0 Å². The minimum absolute atomic E-state index is 0.134. The number of benzene rings is 1. The van der Waals surface area contributed by atoms with Gasteiger partial charge >= 0.3 is 0 Å². The van der Waals surface area contributed by atoms with Crippen molar-refractivity contribution in [2.75, 3.05) is 0 Å². The molecule has 3 N–H and O–H groups in total. The lowest BCUT2D eigenvalue weighted by atomic mass is 9.66. The van der Waals surface area contributed by atoms with Gasteiger partial charge in [-0.3, -0.25) is 4.79 Å². The minimum atomic E-state index is -0.157. The second-order valence-corrected chi connectivity index (χ2v) is 8.60. The van der Waals surface area contributed by atoms with E-state index < -0.39 is 0 Å². The van der Waals surface area contributed by atoms with E-state index in [4.69, 9.17) is 22.1 Å². The summed E-state index contributed by atoms with van der Waals surface area (Å²) in [5.74, 6) is 0.638. The zero-order valence-corrected chi connectivity index (χ0v) is 17.6. The van der Waals surface area contributed by atoms with Gasteiger partial charge in [-0.05, 0) is 72.0 Å². The van der Waals surface area contributed by atoms with Crippen LogP contribution in [-0.4, -0.2) is 17.1 Å². The van der Waals surface area contributed by atoms with Crippen molar-refractivity contribution in [3.05, 3.63) is 38.2 Å². The molecule has 1 aliphatic rings. The normalized spacial score (nSPS) is 24.6. The van der Waals surface area contributed by atoms with Gasteiger partial charge in [0.05, 0.1) is 11.1 Å². The maximum Gasteiger partial charge on any atom is 0.255 e. The molecule has 1 heterocycles. The fraction of sp³-hybridized carbons (Fsp3) is 0.550. The largest absolute Gasteiger partial charge is 0.489 e. The Hall–Kier alpha value is -1.04. The first-order chi connectivity index (χ1) is 12.4. The summed E-state index contributed by atoms with van der Waals surface area (Å²) >= 11 is 9.87. The van der Waals surface area contributed by atoms with E-state index in [1.807, 2.05) is 6.07 Å². The molecular formula is C20H26BrClN2O2.